The maximum atomic E-state index is 11.4. The molecule has 0 saturated carbocycles. The molecule has 1 aromatic heterocycles. The molecule has 0 aromatic carbocycles. The van der Waals surface area contributed by atoms with Gasteiger partial charge in [-0.1, -0.05) is 0 Å². The monoisotopic (exact) mass is 448 g/mol. The van der Waals surface area contributed by atoms with E-state index in [0.29, 0.717) is 30.5 Å². The second-order valence-corrected chi connectivity index (χ2v) is 6.19. The van der Waals surface area contributed by atoms with E-state index in [1.165, 1.54) is 0 Å². The molecule has 8 nitrogen and oxygen atoms in total. The van der Waals surface area contributed by atoms with E-state index in [-0.39, 0.29) is 30.1 Å². The van der Waals surface area contributed by atoms with Crippen molar-refractivity contribution in [1.29, 1.82) is 0 Å². The minimum absolute atomic E-state index is 0. The van der Waals surface area contributed by atoms with Crippen molar-refractivity contribution in [3.8, 4) is 0 Å². The van der Waals surface area contributed by atoms with Crippen LogP contribution in [-0.2, 0) is 17.7 Å². The molecule has 2 aliphatic rings. The SMILES string of the molecule is I.NC(=O)c1cnn2c1CC(CN=C(N)NCC1CCCO1)CC2. The largest absolute Gasteiger partial charge is 0.376 e. The first-order valence-electron chi connectivity index (χ1n) is 8.13. The quantitative estimate of drug-likeness (QED) is 0.339. The predicted octanol–water partition coefficient (Wildman–Crippen LogP) is 0.246. The van der Waals surface area contributed by atoms with E-state index in [1.54, 1.807) is 6.20 Å². The molecule has 1 amide bonds. The molecule has 2 aliphatic heterocycles. The van der Waals surface area contributed by atoms with Crippen molar-refractivity contribution >= 4 is 35.8 Å². The van der Waals surface area contributed by atoms with Crippen LogP contribution in [0.4, 0.5) is 0 Å². The Morgan fingerprint density at radius 1 is 1.46 bits per heavy atom. The fourth-order valence-corrected chi connectivity index (χ4v) is 3.17. The number of fused-ring (bicyclic) bond motifs is 1. The lowest BCUT2D eigenvalue weighted by Gasteiger charge is -2.22. The van der Waals surface area contributed by atoms with Crippen molar-refractivity contribution in [2.75, 3.05) is 19.7 Å². The zero-order chi connectivity index (χ0) is 16.2. The Morgan fingerprint density at radius 2 is 2.29 bits per heavy atom. The van der Waals surface area contributed by atoms with Crippen molar-refractivity contribution in [2.45, 2.75) is 38.3 Å². The number of hydrogen-bond acceptors (Lipinski definition) is 4. The van der Waals surface area contributed by atoms with Gasteiger partial charge in [0.15, 0.2) is 5.96 Å². The summed E-state index contributed by atoms with van der Waals surface area (Å²) < 4.78 is 7.40. The highest BCUT2D eigenvalue weighted by Crippen LogP contribution is 2.23. The molecule has 2 atom stereocenters. The van der Waals surface area contributed by atoms with Gasteiger partial charge < -0.3 is 21.5 Å². The molecule has 3 rings (SSSR count). The van der Waals surface area contributed by atoms with Gasteiger partial charge in [-0.2, -0.15) is 5.10 Å². The van der Waals surface area contributed by atoms with Gasteiger partial charge >= 0.3 is 0 Å². The molecular weight excluding hydrogens is 423 g/mol. The first-order valence-corrected chi connectivity index (χ1v) is 8.13. The van der Waals surface area contributed by atoms with Crippen LogP contribution in [0.5, 0.6) is 0 Å². The molecule has 0 radical (unpaired) electrons. The zero-order valence-corrected chi connectivity index (χ0v) is 15.9. The van der Waals surface area contributed by atoms with Crippen molar-refractivity contribution in [2.24, 2.45) is 22.4 Å². The third-order valence-electron chi connectivity index (χ3n) is 4.50. The highest BCUT2D eigenvalue weighted by Gasteiger charge is 2.24. The number of aromatic nitrogens is 2. The van der Waals surface area contributed by atoms with E-state index in [2.05, 4.69) is 15.4 Å². The van der Waals surface area contributed by atoms with E-state index in [4.69, 9.17) is 16.2 Å². The van der Waals surface area contributed by atoms with Crippen LogP contribution < -0.4 is 16.8 Å². The number of hydrogen-bond donors (Lipinski definition) is 3. The first-order chi connectivity index (χ1) is 11.1. The number of rotatable bonds is 5. The van der Waals surface area contributed by atoms with Crippen molar-refractivity contribution in [3.05, 3.63) is 17.5 Å². The van der Waals surface area contributed by atoms with Crippen LogP contribution >= 0.6 is 24.0 Å². The highest BCUT2D eigenvalue weighted by atomic mass is 127. The Balaban J connectivity index is 0.00000208. The normalized spacial score (nSPS) is 23.4. The van der Waals surface area contributed by atoms with Crippen LogP contribution in [0.25, 0.3) is 0 Å². The maximum Gasteiger partial charge on any atom is 0.252 e. The lowest BCUT2D eigenvalue weighted by molar-refractivity contribution is 0.0998. The first kappa shape index (κ1) is 19.0. The molecule has 5 N–H and O–H groups in total. The number of carbonyl (C=O) groups is 1. The van der Waals surface area contributed by atoms with E-state index in [9.17, 15) is 4.79 Å². The fraction of sp³-hybridized carbons (Fsp3) is 0.667. The lowest BCUT2D eigenvalue weighted by Crippen LogP contribution is -2.37. The van der Waals surface area contributed by atoms with Crippen molar-refractivity contribution in [3.63, 3.8) is 0 Å². The summed E-state index contributed by atoms with van der Waals surface area (Å²) in [6.45, 7) is 2.96. The van der Waals surface area contributed by atoms with Gasteiger partial charge in [-0.3, -0.25) is 14.5 Å². The van der Waals surface area contributed by atoms with Gasteiger partial charge in [0.05, 0.1) is 23.6 Å². The molecule has 1 aromatic rings. The summed E-state index contributed by atoms with van der Waals surface area (Å²) in [5, 5.41) is 7.33. The summed E-state index contributed by atoms with van der Waals surface area (Å²) in [6, 6.07) is 0. The minimum Gasteiger partial charge on any atom is -0.376 e. The molecular formula is C15H25IN6O2. The predicted molar refractivity (Wildman–Crippen MR) is 101 cm³/mol. The van der Waals surface area contributed by atoms with E-state index in [0.717, 1.165) is 44.5 Å². The summed E-state index contributed by atoms with van der Waals surface area (Å²) in [5.74, 6) is 0.378. The van der Waals surface area contributed by atoms with Crippen LogP contribution in [0.2, 0.25) is 0 Å². The molecule has 0 aliphatic carbocycles. The highest BCUT2D eigenvalue weighted by molar-refractivity contribution is 14.0. The van der Waals surface area contributed by atoms with Crippen LogP contribution in [0.15, 0.2) is 11.2 Å². The van der Waals surface area contributed by atoms with Gasteiger partial charge in [0.25, 0.3) is 5.91 Å². The topological polar surface area (TPSA) is 121 Å². The molecule has 1 saturated heterocycles. The third-order valence-corrected chi connectivity index (χ3v) is 4.50. The smallest absolute Gasteiger partial charge is 0.252 e. The number of halogens is 1. The van der Waals surface area contributed by atoms with Gasteiger partial charge in [-0.25, -0.2) is 0 Å². The summed E-state index contributed by atoms with van der Waals surface area (Å²) in [5.41, 5.74) is 12.7. The van der Waals surface area contributed by atoms with Gasteiger partial charge in [-0.05, 0) is 31.6 Å². The summed E-state index contributed by atoms with van der Waals surface area (Å²) in [4.78, 5) is 15.8. The summed E-state index contributed by atoms with van der Waals surface area (Å²) >= 11 is 0. The third kappa shape index (κ3) is 4.59. The molecule has 0 bridgehead atoms. The number of aryl methyl sites for hydroxylation is 1. The Bertz CT molecular complexity index is 597. The molecule has 24 heavy (non-hydrogen) atoms. The summed E-state index contributed by atoms with van der Waals surface area (Å²) in [6.07, 6.45) is 5.70. The lowest BCUT2D eigenvalue weighted by atomic mass is 9.94. The molecule has 3 heterocycles. The standard InChI is InChI=1S/C15H24N6O2.HI/c16-14(22)12-9-20-21-4-3-10(6-13(12)21)7-18-15(17)19-8-11-2-1-5-23-11;/h9-11H,1-8H2,(H2,16,22)(H3,17,18,19);1H. The molecule has 0 spiro atoms. The average Bonchev–Trinajstić information content (AvgIpc) is 3.19. The maximum absolute atomic E-state index is 11.4. The number of primary amides is 1. The average molecular weight is 448 g/mol. The van der Waals surface area contributed by atoms with Crippen LogP contribution in [0.1, 0.15) is 35.3 Å². The van der Waals surface area contributed by atoms with Crippen LogP contribution in [0, 0.1) is 5.92 Å². The second-order valence-electron chi connectivity index (χ2n) is 6.19. The van der Waals surface area contributed by atoms with Gasteiger partial charge in [0.1, 0.15) is 0 Å². The fourth-order valence-electron chi connectivity index (χ4n) is 3.17. The van der Waals surface area contributed by atoms with Gasteiger partial charge in [-0.15, -0.1) is 24.0 Å². The Hall–Kier alpha value is -1.36. The van der Waals surface area contributed by atoms with E-state index in [1.807, 2.05) is 4.68 Å². The van der Waals surface area contributed by atoms with Gasteiger partial charge in [0.2, 0.25) is 0 Å². The van der Waals surface area contributed by atoms with Gasteiger partial charge in [0, 0.05) is 26.2 Å². The Labute approximate surface area is 158 Å². The number of aliphatic imine (C=N–C) groups is 1. The number of ether oxygens (including phenoxy) is 1. The minimum atomic E-state index is -0.423. The number of guanidine groups is 1. The van der Waals surface area contributed by atoms with Crippen LogP contribution in [-0.4, -0.2) is 47.4 Å². The van der Waals surface area contributed by atoms with Crippen molar-refractivity contribution in [1.82, 2.24) is 15.1 Å². The zero-order valence-electron chi connectivity index (χ0n) is 13.6. The molecule has 134 valence electrons. The summed E-state index contributed by atoms with van der Waals surface area (Å²) in [7, 11) is 0. The number of carbonyl (C=O) groups excluding carboxylic acids is 1. The van der Waals surface area contributed by atoms with Crippen LogP contribution in [0.3, 0.4) is 0 Å². The molecule has 2 unspecified atom stereocenters. The Kier molecular flexibility index (Phi) is 6.84. The number of nitrogens with one attached hydrogen (secondary N) is 1. The molecule has 9 heteroatoms. The Morgan fingerprint density at radius 3 is 3.00 bits per heavy atom. The second kappa shape index (κ2) is 8.65. The molecule has 1 fully saturated rings. The van der Waals surface area contributed by atoms with E-state index < -0.39 is 5.91 Å². The van der Waals surface area contributed by atoms with Crippen molar-refractivity contribution < 1.29 is 9.53 Å². The number of nitrogens with two attached hydrogens (primary N) is 2. The van der Waals surface area contributed by atoms with E-state index >= 15 is 0 Å². The number of amides is 1. The number of nitrogens with zero attached hydrogens (tertiary/aromatic N) is 3.